The van der Waals surface area contributed by atoms with Crippen LogP contribution in [0.15, 0.2) is 24.5 Å². The van der Waals surface area contributed by atoms with Gasteiger partial charge in [0.25, 0.3) is 0 Å². The minimum absolute atomic E-state index is 0. The normalized spacial score (nSPS) is 16.8. The lowest BCUT2D eigenvalue weighted by Crippen LogP contribution is -3.00. The Balaban J connectivity index is 0.00000128. The second kappa shape index (κ2) is 6.89. The van der Waals surface area contributed by atoms with E-state index in [4.69, 9.17) is 5.73 Å². The number of hydrogen-bond acceptors (Lipinski definition) is 1. The fourth-order valence-corrected chi connectivity index (χ4v) is 2.43. The molecule has 1 aromatic rings. The van der Waals surface area contributed by atoms with E-state index in [0.29, 0.717) is 0 Å². The quantitative estimate of drug-likeness (QED) is 0.748. The molecule has 2 rings (SSSR count). The predicted octanol–water partition coefficient (Wildman–Crippen LogP) is -0.469. The molecule has 1 fully saturated rings. The summed E-state index contributed by atoms with van der Waals surface area (Å²) in [6.45, 7) is 1.14. The Morgan fingerprint density at radius 1 is 1.12 bits per heavy atom. The van der Waals surface area contributed by atoms with Gasteiger partial charge in [-0.25, -0.2) is 4.57 Å². The highest BCUT2D eigenvalue weighted by atomic mass is 79.9. The molecule has 1 saturated carbocycles. The molecular weight excluding hydrogens is 264 g/mol. The molecule has 2 N–H and O–H groups in total. The number of aromatic nitrogens is 1. The molecule has 90 valence electrons. The molecule has 1 aromatic heterocycles. The van der Waals surface area contributed by atoms with Crippen LogP contribution in [0.5, 0.6) is 0 Å². The number of nitrogens with zero attached hydrogens (tertiary/aromatic N) is 1. The molecule has 3 heteroatoms. The Morgan fingerprint density at radius 3 is 2.38 bits per heavy atom. The minimum atomic E-state index is 0. The van der Waals surface area contributed by atoms with Gasteiger partial charge in [-0.15, -0.1) is 0 Å². The van der Waals surface area contributed by atoms with Gasteiger partial charge < -0.3 is 22.7 Å². The van der Waals surface area contributed by atoms with Gasteiger partial charge in [-0.1, -0.05) is 32.1 Å². The first kappa shape index (κ1) is 13.5. The number of nitrogens with two attached hydrogens (primary N) is 1. The summed E-state index contributed by atoms with van der Waals surface area (Å²) in [6.07, 6.45) is 12.7. The van der Waals surface area contributed by atoms with Gasteiger partial charge in [-0.3, -0.25) is 0 Å². The lowest BCUT2D eigenvalue weighted by Gasteiger charge is -2.19. The lowest BCUT2D eigenvalue weighted by molar-refractivity contribution is -0.698. The van der Waals surface area contributed by atoms with Gasteiger partial charge in [0.05, 0.1) is 0 Å². The Hall–Kier alpha value is -0.570. The van der Waals surface area contributed by atoms with Crippen LogP contribution in [-0.4, -0.2) is 0 Å². The van der Waals surface area contributed by atoms with E-state index < -0.39 is 0 Å². The highest BCUT2D eigenvalue weighted by Crippen LogP contribution is 2.25. The largest absolute Gasteiger partial charge is 1.00 e. The van der Waals surface area contributed by atoms with Gasteiger partial charge in [-0.05, 0) is 5.92 Å². The number of hydrogen-bond donors (Lipinski definition) is 1. The molecule has 2 nitrogen and oxygen atoms in total. The summed E-state index contributed by atoms with van der Waals surface area (Å²) in [5.41, 5.74) is 6.50. The third-order valence-electron chi connectivity index (χ3n) is 3.44. The number of aryl methyl sites for hydroxylation is 1. The highest BCUT2D eigenvalue weighted by Gasteiger charge is 2.14. The van der Waals surface area contributed by atoms with Gasteiger partial charge in [0.15, 0.2) is 12.4 Å². The van der Waals surface area contributed by atoms with E-state index in [1.807, 2.05) is 12.1 Å². The number of rotatable bonds is 3. The van der Waals surface area contributed by atoms with Crippen LogP contribution in [0.1, 0.15) is 38.5 Å². The van der Waals surface area contributed by atoms with Crippen LogP contribution >= 0.6 is 0 Å². The molecule has 1 aliphatic carbocycles. The van der Waals surface area contributed by atoms with Gasteiger partial charge >= 0.3 is 0 Å². The summed E-state index contributed by atoms with van der Waals surface area (Å²) in [5.74, 6) is 0.962. The molecule has 0 aliphatic heterocycles. The van der Waals surface area contributed by atoms with Crippen molar-refractivity contribution in [2.24, 2.45) is 5.92 Å². The predicted molar refractivity (Wildman–Crippen MR) is 62.2 cm³/mol. The maximum Gasteiger partial charge on any atom is 0.170 e. The van der Waals surface area contributed by atoms with Crippen molar-refractivity contribution in [3.05, 3.63) is 24.5 Å². The van der Waals surface area contributed by atoms with Crippen LogP contribution in [-0.2, 0) is 6.54 Å². The topological polar surface area (TPSA) is 29.9 Å². The highest BCUT2D eigenvalue weighted by molar-refractivity contribution is 5.32. The van der Waals surface area contributed by atoms with Crippen molar-refractivity contribution in [2.75, 3.05) is 5.73 Å². The molecule has 1 heterocycles. The third kappa shape index (κ3) is 4.12. The standard InChI is InChI=1S/C13H20N2.BrH/c14-13-7-10-15(11-8-13)9-6-12-4-2-1-3-5-12;/h7-8,10-12,14H,1-6,9H2;1H. The van der Waals surface area contributed by atoms with Crippen LogP contribution in [0.3, 0.4) is 0 Å². The number of halogens is 1. The first-order valence-corrected chi connectivity index (χ1v) is 6.09. The van der Waals surface area contributed by atoms with E-state index in [1.54, 1.807) is 0 Å². The molecule has 0 atom stereocenters. The summed E-state index contributed by atoms with van der Waals surface area (Å²) in [6, 6.07) is 3.95. The molecular formula is C13H21BrN2. The van der Waals surface area contributed by atoms with Crippen LogP contribution in [0, 0.1) is 5.92 Å². The van der Waals surface area contributed by atoms with E-state index in [0.717, 1.165) is 18.2 Å². The van der Waals surface area contributed by atoms with Crippen molar-refractivity contribution in [2.45, 2.75) is 45.1 Å². The summed E-state index contributed by atoms with van der Waals surface area (Å²) < 4.78 is 2.24. The van der Waals surface area contributed by atoms with E-state index in [-0.39, 0.29) is 17.0 Å². The van der Waals surface area contributed by atoms with Gasteiger partial charge in [0, 0.05) is 24.2 Å². The fraction of sp³-hybridized carbons (Fsp3) is 0.615. The molecule has 0 radical (unpaired) electrons. The molecule has 0 bridgehead atoms. The van der Waals surface area contributed by atoms with Crippen molar-refractivity contribution in [3.8, 4) is 0 Å². The number of nitrogen functional groups attached to an aromatic ring is 1. The second-order valence-electron chi connectivity index (χ2n) is 4.66. The third-order valence-corrected chi connectivity index (χ3v) is 3.44. The van der Waals surface area contributed by atoms with Crippen LogP contribution in [0.2, 0.25) is 0 Å². The van der Waals surface area contributed by atoms with Crippen LogP contribution in [0.25, 0.3) is 0 Å². The van der Waals surface area contributed by atoms with Crippen molar-refractivity contribution in [3.63, 3.8) is 0 Å². The zero-order chi connectivity index (χ0) is 10.5. The Labute approximate surface area is 109 Å². The summed E-state index contributed by atoms with van der Waals surface area (Å²) in [4.78, 5) is 0. The molecule has 0 unspecified atom stereocenters. The smallest absolute Gasteiger partial charge is 0.170 e. The van der Waals surface area contributed by atoms with Gasteiger partial charge in [0.2, 0.25) is 0 Å². The first-order chi connectivity index (χ1) is 7.34. The Bertz CT molecular complexity index is 291. The molecule has 16 heavy (non-hydrogen) atoms. The molecule has 1 aliphatic rings. The first-order valence-electron chi connectivity index (χ1n) is 6.09. The van der Waals surface area contributed by atoms with Gasteiger partial charge in [-0.2, -0.15) is 0 Å². The minimum Gasteiger partial charge on any atom is -1.00 e. The van der Waals surface area contributed by atoms with E-state index in [9.17, 15) is 0 Å². The molecule has 0 aromatic carbocycles. The SMILES string of the molecule is Nc1cc[n+](CCC2CCCCC2)cc1.[Br-]. The number of pyridine rings is 1. The maximum atomic E-state index is 5.65. The number of anilines is 1. The average molecular weight is 285 g/mol. The van der Waals surface area contributed by atoms with Crippen molar-refractivity contribution < 1.29 is 21.5 Å². The van der Waals surface area contributed by atoms with Crippen molar-refractivity contribution >= 4 is 5.69 Å². The average Bonchev–Trinajstić information content (AvgIpc) is 2.30. The Kier molecular flexibility index (Phi) is 5.81. The van der Waals surface area contributed by atoms with Crippen molar-refractivity contribution in [1.29, 1.82) is 0 Å². The fourth-order valence-electron chi connectivity index (χ4n) is 2.43. The monoisotopic (exact) mass is 284 g/mol. The summed E-state index contributed by atoms with van der Waals surface area (Å²) in [5, 5.41) is 0. The van der Waals surface area contributed by atoms with Crippen LogP contribution < -0.4 is 27.3 Å². The van der Waals surface area contributed by atoms with E-state index in [2.05, 4.69) is 17.0 Å². The van der Waals surface area contributed by atoms with Gasteiger partial charge in [0.1, 0.15) is 6.54 Å². The van der Waals surface area contributed by atoms with Crippen molar-refractivity contribution in [1.82, 2.24) is 0 Å². The summed E-state index contributed by atoms with van der Waals surface area (Å²) in [7, 11) is 0. The molecule has 0 spiro atoms. The lowest BCUT2D eigenvalue weighted by atomic mass is 9.87. The van der Waals surface area contributed by atoms with E-state index in [1.165, 1.54) is 38.5 Å². The Morgan fingerprint density at radius 2 is 1.75 bits per heavy atom. The second-order valence-corrected chi connectivity index (χ2v) is 4.66. The molecule has 0 amide bonds. The van der Waals surface area contributed by atoms with E-state index >= 15 is 0 Å². The maximum absolute atomic E-state index is 5.65. The zero-order valence-electron chi connectivity index (χ0n) is 9.74. The van der Waals surface area contributed by atoms with Crippen LogP contribution in [0.4, 0.5) is 5.69 Å². The zero-order valence-corrected chi connectivity index (χ0v) is 11.3. The molecule has 0 saturated heterocycles. The summed E-state index contributed by atoms with van der Waals surface area (Å²) >= 11 is 0.